The third kappa shape index (κ3) is 2.32. The molecule has 1 aromatic rings. The smallest absolute Gasteiger partial charge is 0.329 e. The Kier molecular flexibility index (Phi) is 3.55. The lowest BCUT2D eigenvalue weighted by Gasteiger charge is -2.40. The fourth-order valence-electron chi connectivity index (χ4n) is 2.34. The Morgan fingerprint density at radius 3 is 2.79 bits per heavy atom. The lowest BCUT2D eigenvalue weighted by atomic mass is 9.88. The normalized spacial score (nSPS) is 23.4. The maximum Gasteiger partial charge on any atom is 0.329 e. The van der Waals surface area contributed by atoms with Crippen LogP contribution in [-0.2, 0) is 11.2 Å². The van der Waals surface area contributed by atoms with E-state index in [4.69, 9.17) is 0 Å². The molecular formula is C12H18N4O3. The number of H-pyrrole nitrogens is 1. The highest BCUT2D eigenvalue weighted by atomic mass is 16.4. The molecule has 0 saturated carbocycles. The highest BCUT2D eigenvalue weighted by Gasteiger charge is 2.45. The lowest BCUT2D eigenvalue weighted by Crippen LogP contribution is -2.57. The number of amides is 1. The Morgan fingerprint density at radius 2 is 2.21 bits per heavy atom. The SMILES string of the molecule is CCc1nc(C(=O)N2CCCCC2(C)C(=O)O)n[nH]1. The van der Waals surface area contributed by atoms with Gasteiger partial charge in [0.1, 0.15) is 11.4 Å². The van der Waals surface area contributed by atoms with Crippen LogP contribution in [0.15, 0.2) is 0 Å². The second-order valence-corrected chi connectivity index (χ2v) is 4.95. The molecule has 1 aliphatic rings. The maximum atomic E-state index is 12.4. The zero-order valence-electron chi connectivity index (χ0n) is 11.1. The number of hydrogen-bond donors (Lipinski definition) is 2. The van der Waals surface area contributed by atoms with Gasteiger partial charge in [0.05, 0.1) is 0 Å². The Labute approximate surface area is 111 Å². The number of likely N-dealkylation sites (tertiary alicyclic amines) is 1. The molecule has 0 aromatic carbocycles. The molecule has 7 nitrogen and oxygen atoms in total. The molecule has 2 heterocycles. The molecule has 0 aliphatic carbocycles. The third-order valence-electron chi connectivity index (χ3n) is 3.65. The van der Waals surface area contributed by atoms with Gasteiger partial charge in [0, 0.05) is 13.0 Å². The van der Waals surface area contributed by atoms with Crippen molar-refractivity contribution in [3.05, 3.63) is 11.6 Å². The van der Waals surface area contributed by atoms with E-state index in [1.807, 2.05) is 6.92 Å². The van der Waals surface area contributed by atoms with Crippen LogP contribution in [0.2, 0.25) is 0 Å². The number of carboxylic acid groups (broad SMARTS) is 1. The number of aromatic amines is 1. The summed E-state index contributed by atoms with van der Waals surface area (Å²) in [6.45, 7) is 3.91. The average Bonchev–Trinajstić information content (AvgIpc) is 2.87. The lowest BCUT2D eigenvalue weighted by molar-refractivity contribution is -0.150. The van der Waals surface area contributed by atoms with E-state index >= 15 is 0 Å². The number of nitrogens with zero attached hydrogens (tertiary/aromatic N) is 3. The Bertz CT molecular complexity index is 499. The van der Waals surface area contributed by atoms with Gasteiger partial charge in [-0.3, -0.25) is 9.89 Å². The van der Waals surface area contributed by atoms with Crippen molar-refractivity contribution in [1.29, 1.82) is 0 Å². The van der Waals surface area contributed by atoms with Crippen LogP contribution in [0.1, 0.15) is 49.6 Å². The largest absolute Gasteiger partial charge is 0.480 e. The fourth-order valence-corrected chi connectivity index (χ4v) is 2.34. The molecule has 2 N–H and O–H groups in total. The van der Waals surface area contributed by atoms with Crippen LogP contribution >= 0.6 is 0 Å². The quantitative estimate of drug-likeness (QED) is 0.844. The molecule has 0 spiro atoms. The van der Waals surface area contributed by atoms with Gasteiger partial charge in [-0.25, -0.2) is 9.78 Å². The molecule has 1 saturated heterocycles. The van der Waals surface area contributed by atoms with Gasteiger partial charge in [-0.2, -0.15) is 0 Å². The van der Waals surface area contributed by atoms with Crippen molar-refractivity contribution in [2.45, 2.75) is 45.1 Å². The van der Waals surface area contributed by atoms with E-state index < -0.39 is 17.4 Å². The number of carbonyl (C=O) groups is 2. The summed E-state index contributed by atoms with van der Waals surface area (Å²) in [6, 6.07) is 0. The zero-order valence-corrected chi connectivity index (χ0v) is 11.1. The van der Waals surface area contributed by atoms with E-state index in [0.29, 0.717) is 25.2 Å². The van der Waals surface area contributed by atoms with Crippen LogP contribution in [0.4, 0.5) is 0 Å². The first-order valence-electron chi connectivity index (χ1n) is 6.45. The molecular weight excluding hydrogens is 248 g/mol. The van der Waals surface area contributed by atoms with Gasteiger partial charge in [0.25, 0.3) is 5.91 Å². The zero-order chi connectivity index (χ0) is 14.0. The first-order chi connectivity index (χ1) is 8.99. The van der Waals surface area contributed by atoms with Gasteiger partial charge in [-0.1, -0.05) is 6.92 Å². The Hall–Kier alpha value is -1.92. The minimum absolute atomic E-state index is 0.0474. The topological polar surface area (TPSA) is 99.2 Å². The summed E-state index contributed by atoms with van der Waals surface area (Å²) < 4.78 is 0. The third-order valence-corrected chi connectivity index (χ3v) is 3.65. The van der Waals surface area contributed by atoms with Crippen LogP contribution in [0, 0.1) is 0 Å². The summed E-state index contributed by atoms with van der Waals surface area (Å²) in [5, 5.41) is 15.9. The van der Waals surface area contributed by atoms with Crippen LogP contribution in [0.25, 0.3) is 0 Å². The Morgan fingerprint density at radius 1 is 1.47 bits per heavy atom. The van der Waals surface area contributed by atoms with Gasteiger partial charge in [-0.15, -0.1) is 5.10 Å². The van der Waals surface area contributed by atoms with Crippen molar-refractivity contribution in [2.24, 2.45) is 0 Å². The minimum Gasteiger partial charge on any atom is -0.480 e. The van der Waals surface area contributed by atoms with Gasteiger partial charge >= 0.3 is 5.97 Å². The van der Waals surface area contributed by atoms with Gasteiger partial charge in [0.2, 0.25) is 5.82 Å². The average molecular weight is 266 g/mol. The predicted molar refractivity (Wildman–Crippen MR) is 66.7 cm³/mol. The number of aromatic nitrogens is 3. The molecule has 1 fully saturated rings. The van der Waals surface area contributed by atoms with Gasteiger partial charge in [0.15, 0.2) is 0 Å². The van der Waals surface area contributed by atoms with Crippen molar-refractivity contribution in [1.82, 2.24) is 20.1 Å². The molecule has 1 atom stereocenters. The van der Waals surface area contributed by atoms with E-state index in [2.05, 4.69) is 15.2 Å². The van der Waals surface area contributed by atoms with Crippen LogP contribution in [-0.4, -0.2) is 49.1 Å². The number of piperidine rings is 1. The molecule has 1 aromatic heterocycles. The molecule has 2 rings (SSSR count). The van der Waals surface area contributed by atoms with E-state index in [1.165, 1.54) is 4.90 Å². The highest BCUT2D eigenvalue weighted by Crippen LogP contribution is 2.29. The molecule has 0 bridgehead atoms. The summed E-state index contributed by atoms with van der Waals surface area (Å²) in [4.78, 5) is 29.3. The number of hydrogen-bond acceptors (Lipinski definition) is 4. The summed E-state index contributed by atoms with van der Waals surface area (Å²) in [7, 11) is 0. The van der Waals surface area contributed by atoms with Crippen molar-refractivity contribution < 1.29 is 14.7 Å². The molecule has 7 heteroatoms. The first kappa shape index (κ1) is 13.5. The molecule has 19 heavy (non-hydrogen) atoms. The molecule has 1 amide bonds. The molecule has 1 unspecified atom stereocenters. The number of aliphatic carboxylic acids is 1. The van der Waals surface area contributed by atoms with Crippen molar-refractivity contribution in [3.8, 4) is 0 Å². The number of carboxylic acids is 1. The van der Waals surface area contributed by atoms with Crippen molar-refractivity contribution in [3.63, 3.8) is 0 Å². The highest BCUT2D eigenvalue weighted by molar-refractivity contribution is 5.95. The predicted octanol–water partition coefficient (Wildman–Crippen LogP) is 0.836. The monoisotopic (exact) mass is 266 g/mol. The number of carbonyl (C=O) groups excluding carboxylic acids is 1. The fraction of sp³-hybridized carbons (Fsp3) is 0.667. The minimum atomic E-state index is -1.16. The van der Waals surface area contributed by atoms with E-state index in [1.54, 1.807) is 6.92 Å². The summed E-state index contributed by atoms with van der Waals surface area (Å²) in [5.74, 6) is -0.726. The van der Waals surface area contributed by atoms with Gasteiger partial charge in [-0.05, 0) is 26.2 Å². The van der Waals surface area contributed by atoms with Crippen LogP contribution < -0.4 is 0 Å². The molecule has 104 valence electrons. The van der Waals surface area contributed by atoms with E-state index in [9.17, 15) is 14.7 Å². The molecule has 0 radical (unpaired) electrons. The summed E-state index contributed by atoms with van der Waals surface area (Å²) in [5.41, 5.74) is -1.16. The van der Waals surface area contributed by atoms with Crippen molar-refractivity contribution >= 4 is 11.9 Å². The maximum absolute atomic E-state index is 12.4. The number of nitrogens with one attached hydrogen (secondary N) is 1. The molecule has 1 aliphatic heterocycles. The standard InChI is InChI=1S/C12H18N4O3/c1-3-8-13-9(15-14-8)10(17)16-7-5-4-6-12(16,2)11(18)19/h3-7H2,1-2H3,(H,18,19)(H,13,14,15). The summed E-state index contributed by atoms with van der Waals surface area (Å²) in [6.07, 6.45) is 2.72. The second-order valence-electron chi connectivity index (χ2n) is 4.95. The summed E-state index contributed by atoms with van der Waals surface area (Å²) >= 11 is 0. The number of rotatable bonds is 3. The Balaban J connectivity index is 2.27. The van der Waals surface area contributed by atoms with Crippen LogP contribution in [0.5, 0.6) is 0 Å². The second kappa shape index (κ2) is 4.99. The first-order valence-corrected chi connectivity index (χ1v) is 6.45. The van der Waals surface area contributed by atoms with Crippen molar-refractivity contribution in [2.75, 3.05) is 6.54 Å². The van der Waals surface area contributed by atoms with E-state index in [0.717, 1.165) is 12.8 Å². The van der Waals surface area contributed by atoms with E-state index in [-0.39, 0.29) is 5.82 Å². The van der Waals surface area contributed by atoms with Crippen LogP contribution in [0.3, 0.4) is 0 Å². The number of aryl methyl sites for hydroxylation is 1. The van der Waals surface area contributed by atoms with Gasteiger partial charge < -0.3 is 10.0 Å².